The molecule has 5 nitrogen and oxygen atoms in total. The van der Waals surface area contributed by atoms with Crippen molar-refractivity contribution < 1.29 is 18.7 Å². The van der Waals surface area contributed by atoms with Gasteiger partial charge in [0.05, 0.1) is 19.5 Å². The molecule has 1 rings (SSSR count). The quantitative estimate of drug-likeness (QED) is 0.552. The van der Waals surface area contributed by atoms with E-state index in [1.165, 1.54) is 10.9 Å². The molecule has 13 heavy (non-hydrogen) atoms. The Morgan fingerprint density at radius 2 is 2.15 bits per heavy atom. The minimum Gasteiger partial charge on any atom is -0.421 e. The molecule has 76 valence electrons. The molecule has 0 bridgehead atoms. The Bertz CT molecular complexity index is 225. The third kappa shape index (κ3) is 3.12. The molecule has 6 heteroatoms. The van der Waals surface area contributed by atoms with Gasteiger partial charge in [-0.05, 0) is 6.92 Å². The Kier molecular flexibility index (Phi) is 3.93. The van der Waals surface area contributed by atoms with Crippen LogP contribution in [0, 0.1) is 0 Å². The predicted octanol–water partition coefficient (Wildman–Crippen LogP) is 0.969. The lowest BCUT2D eigenvalue weighted by molar-refractivity contribution is 0.0602. The first-order valence-electron chi connectivity index (χ1n) is 4.12. The minimum atomic E-state index is -3.62. The van der Waals surface area contributed by atoms with Gasteiger partial charge in [0.2, 0.25) is 0 Å². The predicted molar refractivity (Wildman–Crippen MR) is 48.1 cm³/mol. The zero-order chi connectivity index (χ0) is 9.73. The monoisotopic (exact) mass is 207 g/mol. The van der Waals surface area contributed by atoms with Crippen LogP contribution in [0.4, 0.5) is 0 Å². The van der Waals surface area contributed by atoms with Gasteiger partial charge in [0.15, 0.2) is 0 Å². The Balaban J connectivity index is 2.51. The number of hydrogen-bond acceptors (Lipinski definition) is 3. The Morgan fingerprint density at radius 1 is 1.54 bits per heavy atom. The zero-order valence-corrected chi connectivity index (χ0v) is 8.44. The highest BCUT2D eigenvalue weighted by molar-refractivity contribution is 7.50. The molecular weight excluding hydrogens is 193 g/mol. The van der Waals surface area contributed by atoms with Crippen LogP contribution in [0.25, 0.3) is 0 Å². The van der Waals surface area contributed by atoms with Crippen LogP contribution in [-0.2, 0) is 13.8 Å². The summed E-state index contributed by atoms with van der Waals surface area (Å²) in [4.78, 5) is 9.42. The molecule has 1 heterocycles. The van der Waals surface area contributed by atoms with Gasteiger partial charge < -0.3 is 14.2 Å². The summed E-state index contributed by atoms with van der Waals surface area (Å²) in [6.07, 6.45) is 2.81. The van der Waals surface area contributed by atoms with Crippen LogP contribution in [0.15, 0.2) is 12.3 Å². The minimum absolute atomic E-state index is 0.436. The highest BCUT2D eigenvalue weighted by atomic mass is 31.2. The van der Waals surface area contributed by atoms with Gasteiger partial charge in [0, 0.05) is 13.1 Å². The molecule has 0 saturated carbocycles. The van der Waals surface area contributed by atoms with E-state index in [1.54, 1.807) is 13.0 Å². The molecule has 0 aliphatic carbocycles. The van der Waals surface area contributed by atoms with E-state index in [2.05, 4.69) is 0 Å². The Morgan fingerprint density at radius 3 is 2.69 bits per heavy atom. The van der Waals surface area contributed by atoms with Crippen LogP contribution >= 0.6 is 7.75 Å². The summed E-state index contributed by atoms with van der Waals surface area (Å²) in [6.45, 7) is 3.55. The highest BCUT2D eigenvalue weighted by Gasteiger charge is 2.31. The molecule has 0 radical (unpaired) electrons. The molecule has 1 saturated heterocycles. The average Bonchev–Trinajstić information content (AvgIpc) is 2.16. The average molecular weight is 207 g/mol. The smallest absolute Gasteiger partial charge is 0.421 e. The molecule has 0 aromatic rings. The fraction of sp³-hybridized carbons (Fsp3) is 0.714. The first-order valence-corrected chi connectivity index (χ1v) is 5.65. The topological polar surface area (TPSA) is 59.0 Å². The largest absolute Gasteiger partial charge is 0.458 e. The summed E-state index contributed by atoms with van der Waals surface area (Å²) in [7, 11) is -3.62. The van der Waals surface area contributed by atoms with Crippen LogP contribution in [0.3, 0.4) is 0 Å². The van der Waals surface area contributed by atoms with Crippen molar-refractivity contribution in [3.63, 3.8) is 0 Å². The number of allylic oxidation sites excluding steroid dienone is 1. The molecule has 0 spiro atoms. The van der Waals surface area contributed by atoms with Crippen molar-refractivity contribution in [1.82, 2.24) is 4.67 Å². The normalized spacial score (nSPS) is 24.5. The molecule has 1 N–H and O–H groups in total. The van der Waals surface area contributed by atoms with Crippen LogP contribution in [0.5, 0.6) is 0 Å². The number of hydrogen-bond donors (Lipinski definition) is 1. The highest BCUT2D eigenvalue weighted by Crippen LogP contribution is 2.46. The van der Waals surface area contributed by atoms with Gasteiger partial charge in [-0.1, -0.05) is 6.08 Å². The molecule has 1 aliphatic heterocycles. The third-order valence-corrected chi connectivity index (χ3v) is 3.19. The summed E-state index contributed by atoms with van der Waals surface area (Å²) < 4.78 is 22.7. The van der Waals surface area contributed by atoms with Gasteiger partial charge in [-0.3, -0.25) is 0 Å². The van der Waals surface area contributed by atoms with E-state index in [-0.39, 0.29) is 0 Å². The van der Waals surface area contributed by atoms with Crippen LogP contribution in [0.1, 0.15) is 6.92 Å². The molecule has 0 aromatic heterocycles. The maximum atomic E-state index is 11.5. The van der Waals surface area contributed by atoms with E-state index in [0.29, 0.717) is 26.3 Å². The fourth-order valence-electron chi connectivity index (χ4n) is 1.01. The van der Waals surface area contributed by atoms with Crippen molar-refractivity contribution in [2.75, 3.05) is 26.3 Å². The van der Waals surface area contributed by atoms with Crippen molar-refractivity contribution >= 4 is 7.75 Å². The van der Waals surface area contributed by atoms with E-state index < -0.39 is 7.75 Å². The maximum absolute atomic E-state index is 11.5. The van der Waals surface area contributed by atoms with Crippen LogP contribution < -0.4 is 0 Å². The lowest BCUT2D eigenvalue weighted by Crippen LogP contribution is -2.33. The molecule has 1 unspecified atom stereocenters. The Hall–Kier alpha value is -0.350. The van der Waals surface area contributed by atoms with Crippen LogP contribution in [-0.4, -0.2) is 35.9 Å². The summed E-state index contributed by atoms with van der Waals surface area (Å²) in [5.74, 6) is 0. The summed E-state index contributed by atoms with van der Waals surface area (Å²) in [5.41, 5.74) is 0. The van der Waals surface area contributed by atoms with Gasteiger partial charge >= 0.3 is 7.75 Å². The molecule has 0 amide bonds. The van der Waals surface area contributed by atoms with Crippen molar-refractivity contribution in [2.45, 2.75) is 6.92 Å². The van der Waals surface area contributed by atoms with Crippen molar-refractivity contribution in [3.05, 3.63) is 12.3 Å². The van der Waals surface area contributed by atoms with E-state index in [0.717, 1.165) is 0 Å². The number of rotatable bonds is 3. The molecule has 1 aliphatic rings. The van der Waals surface area contributed by atoms with Gasteiger partial charge in [-0.15, -0.1) is 0 Å². The maximum Gasteiger partial charge on any atom is 0.458 e. The zero-order valence-electron chi connectivity index (χ0n) is 7.55. The van der Waals surface area contributed by atoms with Gasteiger partial charge in [-0.2, -0.15) is 4.67 Å². The lowest BCUT2D eigenvalue weighted by Gasteiger charge is -2.28. The van der Waals surface area contributed by atoms with Gasteiger partial charge in [0.25, 0.3) is 0 Å². The summed E-state index contributed by atoms with van der Waals surface area (Å²) in [6, 6.07) is 0. The Labute approximate surface area is 77.5 Å². The molecule has 1 fully saturated rings. The fourth-order valence-corrected chi connectivity index (χ4v) is 2.10. The number of nitrogens with zero attached hydrogens (tertiary/aromatic N) is 1. The van der Waals surface area contributed by atoms with E-state index in [4.69, 9.17) is 9.26 Å². The van der Waals surface area contributed by atoms with Crippen molar-refractivity contribution in [1.29, 1.82) is 0 Å². The second kappa shape index (κ2) is 4.77. The van der Waals surface area contributed by atoms with E-state index in [9.17, 15) is 9.46 Å². The molecule has 0 aromatic carbocycles. The SMILES string of the molecule is CC=COP(=O)(O)N1CCOCC1. The third-order valence-electron chi connectivity index (χ3n) is 1.68. The van der Waals surface area contributed by atoms with Crippen molar-refractivity contribution in [2.24, 2.45) is 0 Å². The van der Waals surface area contributed by atoms with E-state index in [1.807, 2.05) is 0 Å². The van der Waals surface area contributed by atoms with Crippen molar-refractivity contribution in [3.8, 4) is 0 Å². The summed E-state index contributed by atoms with van der Waals surface area (Å²) >= 11 is 0. The van der Waals surface area contributed by atoms with Gasteiger partial charge in [0.1, 0.15) is 0 Å². The number of morpholine rings is 1. The molecule has 1 atom stereocenters. The van der Waals surface area contributed by atoms with Gasteiger partial charge in [-0.25, -0.2) is 4.57 Å². The molecular formula is C7H14NO4P. The van der Waals surface area contributed by atoms with Crippen LogP contribution in [0.2, 0.25) is 0 Å². The lowest BCUT2D eigenvalue weighted by atomic mass is 10.5. The first-order chi connectivity index (χ1) is 6.17. The summed E-state index contributed by atoms with van der Waals surface area (Å²) in [5, 5.41) is 0. The standard InChI is InChI=1S/C7H14NO4P/c1-2-5-12-13(9,10)8-3-6-11-7-4-8/h2,5H,3-4,6-7H2,1H3,(H,9,10). The van der Waals surface area contributed by atoms with E-state index >= 15 is 0 Å². The second-order valence-corrected chi connectivity index (χ2v) is 4.39. The number of ether oxygens (including phenoxy) is 1. The first kappa shape index (κ1) is 10.7. The second-order valence-electron chi connectivity index (χ2n) is 2.63.